The van der Waals surface area contributed by atoms with E-state index in [0.29, 0.717) is 30.4 Å². The second-order valence-electron chi connectivity index (χ2n) is 5.43. The Balaban J connectivity index is 2.15. The van der Waals surface area contributed by atoms with Gasteiger partial charge in [-0.15, -0.1) is 0 Å². The summed E-state index contributed by atoms with van der Waals surface area (Å²) in [5, 5.41) is 2.96. The molecule has 0 spiro atoms. The molecule has 5 nitrogen and oxygen atoms in total. The number of nitrogens with one attached hydrogen (secondary N) is 1. The number of benzene rings is 1. The lowest BCUT2D eigenvalue weighted by molar-refractivity contribution is 0.0934. The van der Waals surface area contributed by atoms with E-state index in [4.69, 9.17) is 9.47 Å². The number of hydrogen-bond acceptors (Lipinski definition) is 4. The number of rotatable bonds is 7. The van der Waals surface area contributed by atoms with Gasteiger partial charge in [0, 0.05) is 5.69 Å². The molecule has 1 N–H and O–H groups in total. The number of aryl methyl sites for hydroxylation is 1. The Morgan fingerprint density at radius 1 is 1.12 bits per heavy atom. The summed E-state index contributed by atoms with van der Waals surface area (Å²) >= 11 is 0. The Morgan fingerprint density at radius 2 is 1.83 bits per heavy atom. The standard InChI is InChI=1S/C19H24N2O3/c1-5-23-17-11-10-15(12-18(17)24-6-2)14(4)21-19(22)16-9-7-8-13(3)20-16/h7-12,14H,5-6H2,1-4H3,(H,21,22). The number of ether oxygens (including phenoxy) is 2. The number of carbonyl (C=O) groups is 1. The van der Waals surface area contributed by atoms with Gasteiger partial charge in [0.2, 0.25) is 0 Å². The Bertz CT molecular complexity index is 701. The highest BCUT2D eigenvalue weighted by atomic mass is 16.5. The number of carbonyl (C=O) groups excluding carboxylic acids is 1. The van der Waals surface area contributed by atoms with Crippen LogP contribution in [0.2, 0.25) is 0 Å². The van der Waals surface area contributed by atoms with E-state index in [9.17, 15) is 4.79 Å². The van der Waals surface area contributed by atoms with Crippen LogP contribution in [0.4, 0.5) is 0 Å². The quantitative estimate of drug-likeness (QED) is 0.842. The Hall–Kier alpha value is -2.56. The second kappa shape index (κ2) is 8.34. The first kappa shape index (κ1) is 17.8. The van der Waals surface area contributed by atoms with Gasteiger partial charge in [0.25, 0.3) is 5.91 Å². The molecule has 1 aromatic heterocycles. The lowest BCUT2D eigenvalue weighted by Gasteiger charge is -2.17. The minimum absolute atomic E-state index is 0.172. The van der Waals surface area contributed by atoms with Gasteiger partial charge in [-0.05, 0) is 57.5 Å². The van der Waals surface area contributed by atoms with Gasteiger partial charge in [-0.25, -0.2) is 4.98 Å². The molecule has 1 unspecified atom stereocenters. The van der Waals surface area contributed by atoms with E-state index < -0.39 is 0 Å². The molecular weight excluding hydrogens is 304 g/mol. The van der Waals surface area contributed by atoms with Crippen molar-refractivity contribution in [3.05, 3.63) is 53.3 Å². The SMILES string of the molecule is CCOc1ccc(C(C)NC(=O)c2cccc(C)n2)cc1OCC. The molecule has 1 amide bonds. The summed E-state index contributed by atoms with van der Waals surface area (Å²) < 4.78 is 11.2. The Morgan fingerprint density at radius 3 is 2.50 bits per heavy atom. The predicted octanol–water partition coefficient (Wildman–Crippen LogP) is 3.68. The molecule has 0 aliphatic carbocycles. The van der Waals surface area contributed by atoms with Crippen LogP contribution >= 0.6 is 0 Å². The highest BCUT2D eigenvalue weighted by Crippen LogP contribution is 2.30. The Labute approximate surface area is 143 Å². The second-order valence-corrected chi connectivity index (χ2v) is 5.43. The van der Waals surface area contributed by atoms with Gasteiger partial charge in [0.05, 0.1) is 19.3 Å². The highest BCUT2D eigenvalue weighted by Gasteiger charge is 2.15. The normalized spacial score (nSPS) is 11.7. The van der Waals surface area contributed by atoms with Crippen molar-refractivity contribution in [1.82, 2.24) is 10.3 Å². The van der Waals surface area contributed by atoms with Crippen LogP contribution in [0.5, 0.6) is 11.5 Å². The number of hydrogen-bond donors (Lipinski definition) is 1. The van der Waals surface area contributed by atoms with Crippen molar-refractivity contribution < 1.29 is 14.3 Å². The summed E-state index contributed by atoms with van der Waals surface area (Å²) in [5.74, 6) is 1.20. The van der Waals surface area contributed by atoms with Gasteiger partial charge in [-0.2, -0.15) is 0 Å². The molecule has 0 aliphatic rings. The van der Waals surface area contributed by atoms with Crippen molar-refractivity contribution >= 4 is 5.91 Å². The van der Waals surface area contributed by atoms with Crippen LogP contribution in [0, 0.1) is 6.92 Å². The molecule has 0 saturated heterocycles. The minimum atomic E-state index is -0.196. The molecule has 0 aliphatic heterocycles. The molecule has 5 heteroatoms. The minimum Gasteiger partial charge on any atom is -0.490 e. The summed E-state index contributed by atoms with van der Waals surface area (Å²) in [6.07, 6.45) is 0. The fourth-order valence-corrected chi connectivity index (χ4v) is 2.36. The first-order valence-electron chi connectivity index (χ1n) is 8.19. The van der Waals surface area contributed by atoms with Crippen molar-refractivity contribution in [2.75, 3.05) is 13.2 Å². The molecule has 0 fully saturated rings. The first-order chi connectivity index (χ1) is 11.5. The summed E-state index contributed by atoms with van der Waals surface area (Å²) in [6.45, 7) is 8.78. The van der Waals surface area contributed by atoms with Gasteiger partial charge in [0.1, 0.15) is 5.69 Å². The van der Waals surface area contributed by atoms with E-state index in [1.807, 2.05) is 58.0 Å². The van der Waals surface area contributed by atoms with E-state index in [1.165, 1.54) is 0 Å². The molecule has 128 valence electrons. The van der Waals surface area contributed by atoms with Crippen LogP contribution < -0.4 is 14.8 Å². The molecule has 1 heterocycles. The van der Waals surface area contributed by atoms with Gasteiger partial charge in [-0.3, -0.25) is 4.79 Å². The smallest absolute Gasteiger partial charge is 0.270 e. The third-order valence-corrected chi connectivity index (χ3v) is 3.54. The van der Waals surface area contributed by atoms with E-state index in [0.717, 1.165) is 11.3 Å². The maximum absolute atomic E-state index is 12.3. The number of nitrogens with zero attached hydrogens (tertiary/aromatic N) is 1. The Kier molecular flexibility index (Phi) is 6.18. The summed E-state index contributed by atoms with van der Waals surface area (Å²) in [7, 11) is 0. The predicted molar refractivity (Wildman–Crippen MR) is 93.6 cm³/mol. The summed E-state index contributed by atoms with van der Waals surface area (Å²) in [4.78, 5) is 16.6. The van der Waals surface area contributed by atoms with E-state index >= 15 is 0 Å². The fraction of sp³-hybridized carbons (Fsp3) is 0.368. The van der Waals surface area contributed by atoms with Crippen LogP contribution in [0.1, 0.15) is 48.6 Å². The van der Waals surface area contributed by atoms with Crippen molar-refractivity contribution in [3.8, 4) is 11.5 Å². The van der Waals surface area contributed by atoms with Gasteiger partial charge < -0.3 is 14.8 Å². The zero-order valence-electron chi connectivity index (χ0n) is 14.6. The molecule has 24 heavy (non-hydrogen) atoms. The average molecular weight is 328 g/mol. The largest absolute Gasteiger partial charge is 0.490 e. The first-order valence-corrected chi connectivity index (χ1v) is 8.19. The maximum Gasteiger partial charge on any atom is 0.270 e. The van der Waals surface area contributed by atoms with Crippen LogP contribution in [-0.4, -0.2) is 24.1 Å². The van der Waals surface area contributed by atoms with Gasteiger partial charge >= 0.3 is 0 Å². The molecule has 0 bridgehead atoms. The highest BCUT2D eigenvalue weighted by molar-refractivity contribution is 5.92. The molecule has 0 saturated carbocycles. The number of pyridine rings is 1. The van der Waals surface area contributed by atoms with Crippen LogP contribution in [0.3, 0.4) is 0 Å². The van der Waals surface area contributed by atoms with Crippen LogP contribution in [0.25, 0.3) is 0 Å². The van der Waals surface area contributed by atoms with Gasteiger partial charge in [-0.1, -0.05) is 12.1 Å². The number of amides is 1. The van der Waals surface area contributed by atoms with E-state index in [-0.39, 0.29) is 11.9 Å². The summed E-state index contributed by atoms with van der Waals surface area (Å²) in [5.41, 5.74) is 2.18. The van der Waals surface area contributed by atoms with Crippen LogP contribution in [0.15, 0.2) is 36.4 Å². The number of aromatic nitrogens is 1. The van der Waals surface area contributed by atoms with Crippen molar-refractivity contribution in [2.24, 2.45) is 0 Å². The average Bonchev–Trinajstić information content (AvgIpc) is 2.56. The molecule has 1 atom stereocenters. The topological polar surface area (TPSA) is 60.5 Å². The monoisotopic (exact) mass is 328 g/mol. The lowest BCUT2D eigenvalue weighted by atomic mass is 10.1. The third kappa shape index (κ3) is 4.47. The van der Waals surface area contributed by atoms with Crippen molar-refractivity contribution in [3.63, 3.8) is 0 Å². The fourth-order valence-electron chi connectivity index (χ4n) is 2.36. The van der Waals surface area contributed by atoms with Crippen LogP contribution in [-0.2, 0) is 0 Å². The molecule has 1 aromatic carbocycles. The zero-order chi connectivity index (χ0) is 17.5. The summed E-state index contributed by atoms with van der Waals surface area (Å²) in [6, 6.07) is 10.9. The van der Waals surface area contributed by atoms with Gasteiger partial charge in [0.15, 0.2) is 11.5 Å². The molecule has 2 rings (SSSR count). The molecule has 0 radical (unpaired) electrons. The third-order valence-electron chi connectivity index (χ3n) is 3.54. The zero-order valence-corrected chi connectivity index (χ0v) is 14.6. The van der Waals surface area contributed by atoms with Crippen molar-refractivity contribution in [1.29, 1.82) is 0 Å². The van der Waals surface area contributed by atoms with E-state index in [2.05, 4.69) is 10.3 Å². The maximum atomic E-state index is 12.3. The van der Waals surface area contributed by atoms with Crippen molar-refractivity contribution in [2.45, 2.75) is 33.7 Å². The molecule has 2 aromatic rings. The lowest BCUT2D eigenvalue weighted by Crippen LogP contribution is -2.27. The molecular formula is C19H24N2O3. The van der Waals surface area contributed by atoms with E-state index in [1.54, 1.807) is 6.07 Å².